The number of carbonyl (C=O) groups is 1. The van der Waals surface area contributed by atoms with Crippen molar-refractivity contribution in [2.75, 3.05) is 6.54 Å². The second-order valence-corrected chi connectivity index (χ2v) is 3.22. The number of unbranched alkanes of at least 4 members (excludes halogenated alkanes) is 1. The maximum Gasteiger partial charge on any atom is 0.353 e. The number of hydrogen-bond donors (Lipinski definition) is 1. The van der Waals surface area contributed by atoms with Crippen molar-refractivity contribution >= 4 is 11.7 Å². The standard InChI is InChI=1S/C8H12N4O3/c9-12-10-4-2-1-3-6-5-7(8(13)14)11-15-6/h6H,1-5H2,(H,13,14). The molecule has 0 fully saturated rings. The van der Waals surface area contributed by atoms with Gasteiger partial charge in [0.1, 0.15) is 6.10 Å². The second kappa shape index (κ2) is 5.87. The van der Waals surface area contributed by atoms with E-state index in [1.54, 1.807) is 0 Å². The summed E-state index contributed by atoms with van der Waals surface area (Å²) in [5, 5.41) is 15.5. The molecular weight excluding hydrogens is 200 g/mol. The number of rotatable bonds is 6. The number of carboxylic acids is 1. The van der Waals surface area contributed by atoms with E-state index in [9.17, 15) is 4.79 Å². The van der Waals surface area contributed by atoms with E-state index in [4.69, 9.17) is 15.5 Å². The molecule has 0 spiro atoms. The largest absolute Gasteiger partial charge is 0.477 e. The molecule has 1 heterocycles. The van der Waals surface area contributed by atoms with Crippen LogP contribution in [0.15, 0.2) is 10.3 Å². The Bertz CT molecular complexity index is 309. The van der Waals surface area contributed by atoms with Gasteiger partial charge in [0, 0.05) is 17.9 Å². The van der Waals surface area contributed by atoms with Gasteiger partial charge in [0.05, 0.1) is 0 Å². The highest BCUT2D eigenvalue weighted by Crippen LogP contribution is 2.16. The van der Waals surface area contributed by atoms with E-state index in [1.165, 1.54) is 0 Å². The highest BCUT2D eigenvalue weighted by Gasteiger charge is 2.24. The molecule has 1 N–H and O–H groups in total. The van der Waals surface area contributed by atoms with Gasteiger partial charge < -0.3 is 9.94 Å². The van der Waals surface area contributed by atoms with Crippen molar-refractivity contribution in [3.63, 3.8) is 0 Å². The van der Waals surface area contributed by atoms with Crippen LogP contribution in [0.2, 0.25) is 0 Å². The van der Waals surface area contributed by atoms with Gasteiger partial charge in [-0.25, -0.2) is 4.79 Å². The zero-order valence-corrected chi connectivity index (χ0v) is 8.17. The average Bonchev–Trinajstić information content (AvgIpc) is 2.66. The van der Waals surface area contributed by atoms with Gasteiger partial charge in [-0.3, -0.25) is 0 Å². The molecule has 1 atom stereocenters. The van der Waals surface area contributed by atoms with E-state index in [2.05, 4.69) is 15.2 Å². The van der Waals surface area contributed by atoms with E-state index >= 15 is 0 Å². The summed E-state index contributed by atoms with van der Waals surface area (Å²) in [6, 6.07) is 0. The molecule has 7 heteroatoms. The van der Waals surface area contributed by atoms with Crippen LogP contribution in [0.5, 0.6) is 0 Å². The predicted octanol–water partition coefficient (Wildman–Crippen LogP) is 1.70. The fourth-order valence-corrected chi connectivity index (χ4v) is 1.31. The lowest BCUT2D eigenvalue weighted by Crippen LogP contribution is -2.14. The molecule has 0 aliphatic carbocycles. The molecule has 7 nitrogen and oxygen atoms in total. The molecule has 0 saturated heterocycles. The first-order valence-electron chi connectivity index (χ1n) is 4.71. The Labute approximate surface area is 86.3 Å². The van der Waals surface area contributed by atoms with Crippen LogP contribution in [-0.2, 0) is 9.63 Å². The third-order valence-corrected chi connectivity index (χ3v) is 2.08. The summed E-state index contributed by atoms with van der Waals surface area (Å²) in [6.45, 7) is 0.468. The SMILES string of the molecule is [N-]=[N+]=NCCCCC1CC(C(=O)O)=NO1. The Kier molecular flexibility index (Phi) is 4.43. The van der Waals surface area contributed by atoms with E-state index < -0.39 is 5.97 Å². The lowest BCUT2D eigenvalue weighted by atomic mass is 10.1. The molecule has 0 aromatic carbocycles. The highest BCUT2D eigenvalue weighted by molar-refractivity contribution is 6.35. The van der Waals surface area contributed by atoms with Crippen molar-refractivity contribution in [2.24, 2.45) is 10.3 Å². The number of carboxylic acid groups (broad SMARTS) is 1. The van der Waals surface area contributed by atoms with Crippen molar-refractivity contribution < 1.29 is 14.7 Å². The molecule has 0 amide bonds. The molecule has 0 saturated carbocycles. The van der Waals surface area contributed by atoms with Crippen LogP contribution in [0.25, 0.3) is 10.4 Å². The molecule has 0 aromatic rings. The van der Waals surface area contributed by atoms with Crippen LogP contribution in [0, 0.1) is 0 Å². The van der Waals surface area contributed by atoms with Gasteiger partial charge in [-0.05, 0) is 24.8 Å². The minimum Gasteiger partial charge on any atom is -0.477 e. The molecule has 82 valence electrons. The lowest BCUT2D eigenvalue weighted by Gasteiger charge is -2.05. The maximum atomic E-state index is 10.5. The molecule has 1 aliphatic heterocycles. The van der Waals surface area contributed by atoms with Crippen molar-refractivity contribution in [1.82, 2.24) is 0 Å². The first kappa shape index (κ1) is 11.3. The molecular formula is C8H12N4O3. The first-order valence-corrected chi connectivity index (χ1v) is 4.71. The quantitative estimate of drug-likeness (QED) is 0.313. The number of oxime groups is 1. The fraction of sp³-hybridized carbons (Fsp3) is 0.750. The van der Waals surface area contributed by atoms with E-state index in [0.29, 0.717) is 13.0 Å². The maximum absolute atomic E-state index is 10.5. The summed E-state index contributed by atoms with van der Waals surface area (Å²) < 4.78 is 0. The van der Waals surface area contributed by atoms with Gasteiger partial charge >= 0.3 is 5.97 Å². The normalized spacial score (nSPS) is 18.9. The van der Waals surface area contributed by atoms with Crippen LogP contribution in [0.4, 0.5) is 0 Å². The highest BCUT2D eigenvalue weighted by atomic mass is 16.6. The smallest absolute Gasteiger partial charge is 0.353 e. The minimum atomic E-state index is -1.02. The topological polar surface area (TPSA) is 108 Å². The molecule has 0 radical (unpaired) electrons. The third-order valence-electron chi connectivity index (χ3n) is 2.08. The van der Waals surface area contributed by atoms with Crippen LogP contribution in [0.3, 0.4) is 0 Å². The Morgan fingerprint density at radius 2 is 2.53 bits per heavy atom. The van der Waals surface area contributed by atoms with Gasteiger partial charge in [-0.1, -0.05) is 10.3 Å². The van der Waals surface area contributed by atoms with Gasteiger partial charge in [-0.15, -0.1) is 0 Å². The van der Waals surface area contributed by atoms with E-state index in [0.717, 1.165) is 19.3 Å². The van der Waals surface area contributed by atoms with Crippen molar-refractivity contribution in [2.45, 2.75) is 31.8 Å². The summed E-state index contributed by atoms with van der Waals surface area (Å²) in [6.07, 6.45) is 2.58. The molecule has 1 unspecified atom stereocenters. The molecule has 0 bridgehead atoms. The summed E-state index contributed by atoms with van der Waals surface area (Å²) in [5.41, 5.74) is 8.10. The Morgan fingerprint density at radius 1 is 1.73 bits per heavy atom. The van der Waals surface area contributed by atoms with Crippen molar-refractivity contribution in [3.05, 3.63) is 10.4 Å². The Balaban J connectivity index is 2.11. The predicted molar refractivity (Wildman–Crippen MR) is 52.4 cm³/mol. The van der Waals surface area contributed by atoms with Crippen molar-refractivity contribution in [3.8, 4) is 0 Å². The number of hydrogen-bond acceptors (Lipinski definition) is 4. The zero-order chi connectivity index (χ0) is 11.1. The van der Waals surface area contributed by atoms with Crippen LogP contribution in [-0.4, -0.2) is 29.4 Å². The monoisotopic (exact) mass is 212 g/mol. The second-order valence-electron chi connectivity index (χ2n) is 3.22. The lowest BCUT2D eigenvalue weighted by molar-refractivity contribution is -0.129. The number of azide groups is 1. The van der Waals surface area contributed by atoms with Gasteiger partial charge in [0.2, 0.25) is 0 Å². The third kappa shape index (κ3) is 3.86. The first-order chi connectivity index (χ1) is 7.24. The Morgan fingerprint density at radius 3 is 3.13 bits per heavy atom. The summed E-state index contributed by atoms with van der Waals surface area (Å²) in [7, 11) is 0. The zero-order valence-electron chi connectivity index (χ0n) is 8.17. The van der Waals surface area contributed by atoms with Crippen LogP contribution in [0.1, 0.15) is 25.7 Å². The van der Waals surface area contributed by atoms with Crippen LogP contribution >= 0.6 is 0 Å². The van der Waals surface area contributed by atoms with Gasteiger partial charge in [-0.2, -0.15) is 0 Å². The Hall–Kier alpha value is -1.75. The van der Waals surface area contributed by atoms with Gasteiger partial charge in [0.15, 0.2) is 5.71 Å². The summed E-state index contributed by atoms with van der Waals surface area (Å²) >= 11 is 0. The fourth-order valence-electron chi connectivity index (χ4n) is 1.31. The average molecular weight is 212 g/mol. The van der Waals surface area contributed by atoms with Gasteiger partial charge in [0.25, 0.3) is 0 Å². The summed E-state index contributed by atoms with van der Waals surface area (Å²) in [4.78, 5) is 18.1. The molecule has 15 heavy (non-hydrogen) atoms. The number of aliphatic carboxylic acids is 1. The van der Waals surface area contributed by atoms with Crippen molar-refractivity contribution in [1.29, 1.82) is 0 Å². The molecule has 0 aromatic heterocycles. The summed E-state index contributed by atoms with van der Waals surface area (Å²) in [5.74, 6) is -1.02. The van der Waals surface area contributed by atoms with E-state index in [-0.39, 0.29) is 11.8 Å². The number of nitrogens with zero attached hydrogens (tertiary/aromatic N) is 4. The van der Waals surface area contributed by atoms with Crippen LogP contribution < -0.4 is 0 Å². The molecule has 1 aliphatic rings. The molecule has 1 rings (SSSR count). The minimum absolute atomic E-state index is 0.0787. The van der Waals surface area contributed by atoms with E-state index in [1.807, 2.05) is 0 Å².